The minimum Gasteiger partial charge on any atom is -0.381 e. The largest absolute Gasteiger partial charge is 0.381 e. The number of imidazole rings is 1. The quantitative estimate of drug-likeness (QED) is 0.915. The Morgan fingerprint density at radius 3 is 2.71 bits per heavy atom. The van der Waals surface area contributed by atoms with E-state index in [4.69, 9.17) is 9.88 Å². The van der Waals surface area contributed by atoms with Crippen molar-refractivity contribution in [2.75, 3.05) is 13.2 Å². The van der Waals surface area contributed by atoms with Gasteiger partial charge in [0.1, 0.15) is 5.82 Å². The molecule has 21 heavy (non-hydrogen) atoms. The van der Waals surface area contributed by atoms with Crippen molar-refractivity contribution in [2.45, 2.75) is 23.8 Å². The fraction of sp³-hybridized carbons (Fsp3) is 0.357. The first-order valence-electron chi connectivity index (χ1n) is 6.74. The van der Waals surface area contributed by atoms with Crippen molar-refractivity contribution in [3.63, 3.8) is 0 Å². The molecule has 0 amide bonds. The Morgan fingerprint density at radius 1 is 1.33 bits per heavy atom. The fourth-order valence-corrected chi connectivity index (χ4v) is 3.05. The molecule has 0 radical (unpaired) electrons. The monoisotopic (exact) mass is 307 g/mol. The van der Waals surface area contributed by atoms with Gasteiger partial charge < -0.3 is 9.30 Å². The van der Waals surface area contributed by atoms with Crippen molar-refractivity contribution >= 4 is 10.0 Å². The smallest absolute Gasteiger partial charge is 0.238 e. The number of sulfonamides is 1. The molecule has 2 heterocycles. The lowest BCUT2D eigenvalue weighted by Crippen LogP contribution is -2.12. The molecule has 6 nitrogen and oxygen atoms in total. The van der Waals surface area contributed by atoms with E-state index in [-0.39, 0.29) is 4.90 Å². The first-order valence-corrected chi connectivity index (χ1v) is 8.29. The second-order valence-electron chi connectivity index (χ2n) is 5.16. The second-order valence-corrected chi connectivity index (χ2v) is 6.72. The molecule has 112 valence electrons. The summed E-state index contributed by atoms with van der Waals surface area (Å²) in [6, 6.07) is 6.60. The number of hydrogen-bond acceptors (Lipinski definition) is 4. The summed E-state index contributed by atoms with van der Waals surface area (Å²) in [5.74, 6) is 1.35. The molecule has 1 saturated heterocycles. The highest BCUT2D eigenvalue weighted by Crippen LogP contribution is 2.24. The molecule has 1 aliphatic rings. The van der Waals surface area contributed by atoms with Crippen molar-refractivity contribution in [3.05, 3.63) is 48.0 Å². The molecule has 0 aliphatic carbocycles. The van der Waals surface area contributed by atoms with Gasteiger partial charge in [0.15, 0.2) is 0 Å². The maximum atomic E-state index is 11.2. The fourth-order valence-electron chi connectivity index (χ4n) is 2.53. The Kier molecular flexibility index (Phi) is 3.79. The summed E-state index contributed by atoms with van der Waals surface area (Å²) in [6.07, 6.45) is 4.70. The van der Waals surface area contributed by atoms with E-state index in [1.165, 1.54) is 12.1 Å². The average molecular weight is 307 g/mol. The molecular formula is C14H17N3O3S. The van der Waals surface area contributed by atoms with E-state index in [2.05, 4.69) is 9.55 Å². The Morgan fingerprint density at radius 2 is 2.10 bits per heavy atom. The van der Waals surface area contributed by atoms with E-state index in [0.29, 0.717) is 19.1 Å². The van der Waals surface area contributed by atoms with Crippen LogP contribution >= 0.6 is 0 Å². The summed E-state index contributed by atoms with van der Waals surface area (Å²) in [7, 11) is -3.64. The van der Waals surface area contributed by atoms with Crippen molar-refractivity contribution in [3.8, 4) is 0 Å². The van der Waals surface area contributed by atoms with Crippen LogP contribution in [0.3, 0.4) is 0 Å². The molecule has 0 saturated carbocycles. The first kappa shape index (κ1) is 14.2. The molecule has 0 bridgehead atoms. The normalized spacial score (nSPS) is 19.0. The molecule has 1 fully saturated rings. The van der Waals surface area contributed by atoms with E-state index >= 15 is 0 Å². The first-order chi connectivity index (χ1) is 10.0. The van der Waals surface area contributed by atoms with Crippen LogP contribution in [0.25, 0.3) is 0 Å². The van der Waals surface area contributed by atoms with Crippen LogP contribution in [0.4, 0.5) is 0 Å². The van der Waals surface area contributed by atoms with Crippen LogP contribution in [0.5, 0.6) is 0 Å². The number of nitrogens with zero attached hydrogens (tertiary/aromatic N) is 2. The maximum Gasteiger partial charge on any atom is 0.238 e. The summed E-state index contributed by atoms with van der Waals surface area (Å²) in [4.78, 5) is 4.54. The molecule has 0 unspecified atom stereocenters. The third-order valence-electron chi connectivity index (χ3n) is 3.65. The molecular weight excluding hydrogens is 290 g/mol. The summed E-state index contributed by atoms with van der Waals surface area (Å²) in [5, 5.41) is 5.09. The molecule has 7 heteroatoms. The molecule has 3 rings (SSSR count). The highest BCUT2D eigenvalue weighted by molar-refractivity contribution is 7.89. The maximum absolute atomic E-state index is 11.2. The van der Waals surface area contributed by atoms with Crippen LogP contribution in [0.2, 0.25) is 0 Å². The highest BCUT2D eigenvalue weighted by atomic mass is 32.2. The third-order valence-corrected chi connectivity index (χ3v) is 4.58. The molecule has 1 aromatic heterocycles. The highest BCUT2D eigenvalue weighted by Gasteiger charge is 2.22. The second kappa shape index (κ2) is 5.59. The van der Waals surface area contributed by atoms with Crippen molar-refractivity contribution in [2.24, 2.45) is 5.14 Å². The minimum absolute atomic E-state index is 0.126. The lowest BCUT2D eigenvalue weighted by molar-refractivity contribution is 0.192. The Bertz CT molecular complexity index is 716. The number of benzene rings is 1. The minimum atomic E-state index is -3.64. The Balaban J connectivity index is 1.79. The van der Waals surface area contributed by atoms with Crippen LogP contribution in [0.1, 0.15) is 23.7 Å². The molecule has 0 spiro atoms. The number of hydrogen-bond donors (Lipinski definition) is 1. The predicted molar refractivity (Wildman–Crippen MR) is 77.3 cm³/mol. The van der Waals surface area contributed by atoms with Gasteiger partial charge in [-0.05, 0) is 24.1 Å². The molecule has 1 aromatic carbocycles. The van der Waals surface area contributed by atoms with Crippen LogP contribution in [-0.2, 0) is 21.3 Å². The van der Waals surface area contributed by atoms with Gasteiger partial charge in [-0.1, -0.05) is 12.1 Å². The van der Waals surface area contributed by atoms with E-state index in [9.17, 15) is 8.42 Å². The number of primary sulfonamides is 1. The topological polar surface area (TPSA) is 87.2 Å². The number of ether oxygens (including phenoxy) is 1. The standard InChI is InChI=1S/C14H17N3O3S/c15-21(18,19)13-3-1-11(2-4-13)9-17-7-6-16-14(17)12-5-8-20-10-12/h1-4,6-7,12H,5,8-10H2,(H2,15,18,19)/t12-/m0/s1. The Hall–Kier alpha value is -1.70. The molecule has 1 aliphatic heterocycles. The van der Waals surface area contributed by atoms with Crippen LogP contribution in [0, 0.1) is 0 Å². The average Bonchev–Trinajstić information content (AvgIpc) is 3.08. The summed E-state index contributed by atoms with van der Waals surface area (Å²) in [5.41, 5.74) is 1.00. The van der Waals surface area contributed by atoms with Gasteiger partial charge >= 0.3 is 0 Å². The van der Waals surface area contributed by atoms with Gasteiger partial charge in [-0.3, -0.25) is 0 Å². The van der Waals surface area contributed by atoms with Gasteiger partial charge in [0.05, 0.1) is 11.5 Å². The van der Waals surface area contributed by atoms with E-state index < -0.39 is 10.0 Å². The van der Waals surface area contributed by atoms with Gasteiger partial charge in [0.25, 0.3) is 0 Å². The molecule has 2 N–H and O–H groups in total. The summed E-state index contributed by atoms with van der Waals surface area (Å²) in [6.45, 7) is 2.14. The van der Waals surface area contributed by atoms with Gasteiger partial charge in [-0.2, -0.15) is 0 Å². The summed E-state index contributed by atoms with van der Waals surface area (Å²) >= 11 is 0. The third kappa shape index (κ3) is 3.15. The number of nitrogens with two attached hydrogens (primary N) is 1. The Labute approximate surface area is 123 Å². The van der Waals surface area contributed by atoms with Gasteiger partial charge in [0, 0.05) is 31.5 Å². The van der Waals surface area contributed by atoms with Gasteiger partial charge in [-0.15, -0.1) is 0 Å². The van der Waals surface area contributed by atoms with E-state index in [0.717, 1.165) is 24.4 Å². The van der Waals surface area contributed by atoms with Gasteiger partial charge in [0.2, 0.25) is 10.0 Å². The van der Waals surface area contributed by atoms with E-state index in [1.807, 2.05) is 6.20 Å². The van der Waals surface area contributed by atoms with Gasteiger partial charge in [-0.25, -0.2) is 18.5 Å². The lowest BCUT2D eigenvalue weighted by Gasteiger charge is -2.12. The molecule has 1 atom stereocenters. The number of rotatable bonds is 4. The van der Waals surface area contributed by atoms with Crippen molar-refractivity contribution in [1.82, 2.24) is 9.55 Å². The van der Waals surface area contributed by atoms with E-state index in [1.54, 1.807) is 18.3 Å². The van der Waals surface area contributed by atoms with Crippen molar-refractivity contribution < 1.29 is 13.2 Å². The lowest BCUT2D eigenvalue weighted by atomic mass is 10.1. The number of aromatic nitrogens is 2. The van der Waals surface area contributed by atoms with Crippen molar-refractivity contribution in [1.29, 1.82) is 0 Å². The van der Waals surface area contributed by atoms with Crippen LogP contribution < -0.4 is 5.14 Å². The zero-order valence-corrected chi connectivity index (χ0v) is 12.3. The summed E-state index contributed by atoms with van der Waals surface area (Å²) < 4.78 is 30.0. The van der Waals surface area contributed by atoms with Crippen LogP contribution in [-0.4, -0.2) is 31.2 Å². The zero-order chi connectivity index (χ0) is 14.9. The predicted octanol–water partition coefficient (Wildman–Crippen LogP) is 1.08. The SMILES string of the molecule is NS(=O)(=O)c1ccc(Cn2ccnc2[C@H]2CCOC2)cc1. The van der Waals surface area contributed by atoms with Crippen LogP contribution in [0.15, 0.2) is 41.6 Å². The zero-order valence-electron chi connectivity index (χ0n) is 11.5. The molecule has 2 aromatic rings.